The number of likely N-dealkylation sites (N-methyl/N-ethyl adjacent to an activating group) is 1. The quantitative estimate of drug-likeness (QED) is 0.436. The smallest absolute Gasteiger partial charge is 0.328 e. The lowest BCUT2D eigenvalue weighted by Crippen LogP contribution is -2.25. The average Bonchev–Trinajstić information content (AvgIpc) is 2.99. The van der Waals surface area contributed by atoms with Gasteiger partial charge in [0.2, 0.25) is 0 Å². The highest BCUT2D eigenvalue weighted by Gasteiger charge is 2.30. The monoisotopic (exact) mass is 466 g/mol. The number of imide groups is 1. The zero-order valence-corrected chi connectivity index (χ0v) is 18.0. The summed E-state index contributed by atoms with van der Waals surface area (Å²) < 4.78 is 12.2. The molecule has 6 nitrogen and oxygen atoms in total. The van der Waals surface area contributed by atoms with Crippen LogP contribution in [0.1, 0.15) is 11.1 Å². The van der Waals surface area contributed by atoms with Crippen LogP contribution >= 0.6 is 15.9 Å². The minimum atomic E-state index is -0.451. The summed E-state index contributed by atoms with van der Waals surface area (Å²) in [5.41, 5.74) is 1.94. The molecule has 3 aromatic carbocycles. The molecule has 0 aliphatic carbocycles. The molecule has 0 aromatic heterocycles. The van der Waals surface area contributed by atoms with Gasteiger partial charge in [0.05, 0.1) is 11.6 Å². The van der Waals surface area contributed by atoms with Crippen LogP contribution in [-0.2, 0) is 11.4 Å². The molecule has 1 heterocycles. The second-order valence-electron chi connectivity index (χ2n) is 6.86. The first-order valence-electron chi connectivity index (χ1n) is 9.25. The first-order chi connectivity index (χ1) is 14.5. The number of nitrogens with one attached hydrogen (secondary N) is 1. The number of methoxy groups -OCH3 is 1. The largest absolute Gasteiger partial charge is 0.493 e. The van der Waals surface area contributed by atoms with Crippen LogP contribution in [0.15, 0.2) is 64.8 Å². The van der Waals surface area contributed by atoms with Crippen molar-refractivity contribution in [2.24, 2.45) is 0 Å². The Kier molecular flexibility index (Phi) is 5.46. The van der Waals surface area contributed by atoms with E-state index in [9.17, 15) is 9.59 Å². The second kappa shape index (κ2) is 8.20. The van der Waals surface area contributed by atoms with Crippen molar-refractivity contribution in [3.8, 4) is 11.5 Å². The van der Waals surface area contributed by atoms with E-state index in [2.05, 4.69) is 45.5 Å². The van der Waals surface area contributed by atoms with Crippen LogP contribution in [0.4, 0.5) is 4.79 Å². The molecule has 3 aromatic rings. The molecule has 0 saturated carbocycles. The lowest BCUT2D eigenvalue weighted by molar-refractivity contribution is -0.121. The van der Waals surface area contributed by atoms with E-state index in [0.29, 0.717) is 28.1 Å². The molecule has 1 aliphatic rings. The van der Waals surface area contributed by atoms with E-state index >= 15 is 0 Å². The number of hydrogen-bond donors (Lipinski definition) is 1. The highest BCUT2D eigenvalue weighted by molar-refractivity contribution is 9.10. The molecule has 30 heavy (non-hydrogen) atoms. The van der Waals surface area contributed by atoms with Crippen LogP contribution in [0.2, 0.25) is 0 Å². The van der Waals surface area contributed by atoms with Gasteiger partial charge in [-0.3, -0.25) is 9.69 Å². The summed E-state index contributed by atoms with van der Waals surface area (Å²) in [6.07, 6.45) is 1.60. The van der Waals surface area contributed by atoms with Crippen molar-refractivity contribution in [2.45, 2.75) is 6.61 Å². The van der Waals surface area contributed by atoms with Gasteiger partial charge in [-0.15, -0.1) is 0 Å². The SMILES string of the molecule is COc1cc(/C=C2/NC(=O)N(C)C2=O)cc(Br)c1OCc1ccc2ccccc2c1. The highest BCUT2D eigenvalue weighted by atomic mass is 79.9. The van der Waals surface area contributed by atoms with E-state index < -0.39 is 6.03 Å². The second-order valence-corrected chi connectivity index (χ2v) is 7.71. The molecule has 3 amide bonds. The molecule has 0 spiro atoms. The highest BCUT2D eigenvalue weighted by Crippen LogP contribution is 2.38. The number of urea groups is 1. The molecule has 0 bridgehead atoms. The maximum absolute atomic E-state index is 12.1. The van der Waals surface area contributed by atoms with Crippen LogP contribution in [0.3, 0.4) is 0 Å². The predicted molar refractivity (Wildman–Crippen MR) is 118 cm³/mol. The molecule has 1 aliphatic heterocycles. The van der Waals surface area contributed by atoms with E-state index in [1.165, 1.54) is 12.4 Å². The normalized spacial score (nSPS) is 15.0. The fourth-order valence-corrected chi connectivity index (χ4v) is 3.81. The van der Waals surface area contributed by atoms with Gasteiger partial charge in [0.1, 0.15) is 12.3 Å². The van der Waals surface area contributed by atoms with E-state index in [0.717, 1.165) is 15.8 Å². The van der Waals surface area contributed by atoms with Crippen molar-refractivity contribution in [1.82, 2.24) is 10.2 Å². The third-order valence-electron chi connectivity index (χ3n) is 4.84. The predicted octanol–water partition coefficient (Wildman–Crippen LogP) is 4.71. The molecule has 0 unspecified atom stereocenters. The molecule has 0 atom stereocenters. The van der Waals surface area contributed by atoms with Crippen LogP contribution in [0.25, 0.3) is 16.8 Å². The maximum Gasteiger partial charge on any atom is 0.328 e. The molecule has 1 N–H and O–H groups in total. The molecular formula is C23H19BrN2O4. The van der Waals surface area contributed by atoms with Crippen molar-refractivity contribution >= 4 is 44.7 Å². The number of carbonyl (C=O) groups is 2. The summed E-state index contributed by atoms with van der Waals surface area (Å²) in [7, 11) is 2.98. The van der Waals surface area contributed by atoms with Crippen molar-refractivity contribution in [1.29, 1.82) is 0 Å². The Morgan fingerprint density at radius 2 is 1.83 bits per heavy atom. The maximum atomic E-state index is 12.1. The van der Waals surface area contributed by atoms with E-state index in [1.807, 2.05) is 24.3 Å². The third kappa shape index (κ3) is 3.89. The first kappa shape index (κ1) is 20.0. The Balaban J connectivity index is 1.58. The van der Waals surface area contributed by atoms with Gasteiger partial charge in [0.25, 0.3) is 5.91 Å². The lowest BCUT2D eigenvalue weighted by atomic mass is 10.1. The summed E-state index contributed by atoms with van der Waals surface area (Å²) in [4.78, 5) is 24.7. The molecule has 1 saturated heterocycles. The van der Waals surface area contributed by atoms with Gasteiger partial charge in [0, 0.05) is 7.05 Å². The molecule has 152 valence electrons. The van der Waals surface area contributed by atoms with Crippen molar-refractivity contribution in [3.05, 3.63) is 75.9 Å². The van der Waals surface area contributed by atoms with E-state index in [1.54, 1.807) is 19.3 Å². The zero-order chi connectivity index (χ0) is 21.3. The van der Waals surface area contributed by atoms with Gasteiger partial charge in [-0.05, 0) is 62.1 Å². The fourth-order valence-electron chi connectivity index (χ4n) is 3.24. The van der Waals surface area contributed by atoms with E-state index in [-0.39, 0.29) is 11.6 Å². The van der Waals surface area contributed by atoms with Gasteiger partial charge in [-0.1, -0.05) is 36.4 Å². The van der Waals surface area contributed by atoms with Gasteiger partial charge >= 0.3 is 6.03 Å². The van der Waals surface area contributed by atoms with Crippen molar-refractivity contribution in [3.63, 3.8) is 0 Å². The Morgan fingerprint density at radius 1 is 1.07 bits per heavy atom. The molecule has 1 fully saturated rings. The Labute approximate surface area is 182 Å². The number of benzene rings is 3. The number of fused-ring (bicyclic) bond motifs is 1. The standard InChI is InChI=1S/C23H19BrN2O4/c1-26-22(27)19(25-23(26)28)11-15-10-18(24)21(20(12-15)29-2)30-13-14-7-8-16-5-3-4-6-17(16)9-14/h3-12H,13H2,1-2H3,(H,25,28)/b19-11+. The Hall–Kier alpha value is -3.32. The number of ether oxygens (including phenoxy) is 2. The summed E-state index contributed by atoms with van der Waals surface area (Å²) >= 11 is 3.52. The number of hydrogen-bond acceptors (Lipinski definition) is 4. The van der Waals surface area contributed by atoms with Gasteiger partial charge in [-0.25, -0.2) is 4.79 Å². The number of carbonyl (C=O) groups excluding carboxylic acids is 2. The summed E-state index contributed by atoms with van der Waals surface area (Å²) in [5.74, 6) is 0.695. The van der Waals surface area contributed by atoms with Crippen LogP contribution in [-0.4, -0.2) is 31.0 Å². The minimum Gasteiger partial charge on any atom is -0.493 e. The number of amides is 3. The summed E-state index contributed by atoms with van der Waals surface area (Å²) in [6, 6.07) is 17.5. The van der Waals surface area contributed by atoms with Gasteiger partial charge in [0.15, 0.2) is 11.5 Å². The van der Waals surface area contributed by atoms with Gasteiger partial charge in [-0.2, -0.15) is 0 Å². The molecule has 7 heteroatoms. The van der Waals surface area contributed by atoms with Crippen LogP contribution in [0.5, 0.6) is 11.5 Å². The van der Waals surface area contributed by atoms with Crippen molar-refractivity contribution < 1.29 is 19.1 Å². The summed E-state index contributed by atoms with van der Waals surface area (Å²) in [6.45, 7) is 0.375. The fraction of sp³-hybridized carbons (Fsp3) is 0.130. The van der Waals surface area contributed by atoms with Gasteiger partial charge < -0.3 is 14.8 Å². The zero-order valence-electron chi connectivity index (χ0n) is 16.4. The minimum absolute atomic E-state index is 0.210. The molecule has 0 radical (unpaired) electrons. The molecule has 4 rings (SSSR count). The van der Waals surface area contributed by atoms with Crippen LogP contribution < -0.4 is 14.8 Å². The Bertz CT molecular complexity index is 1190. The average molecular weight is 467 g/mol. The topological polar surface area (TPSA) is 67.9 Å². The third-order valence-corrected chi connectivity index (χ3v) is 5.43. The number of nitrogens with zero attached hydrogens (tertiary/aromatic N) is 1. The number of rotatable bonds is 5. The Morgan fingerprint density at radius 3 is 2.53 bits per heavy atom. The van der Waals surface area contributed by atoms with E-state index in [4.69, 9.17) is 9.47 Å². The number of halogens is 1. The van der Waals surface area contributed by atoms with Crippen LogP contribution in [0, 0.1) is 0 Å². The van der Waals surface area contributed by atoms with Crippen molar-refractivity contribution in [2.75, 3.05) is 14.2 Å². The summed E-state index contributed by atoms with van der Waals surface area (Å²) in [5, 5.41) is 4.88. The lowest BCUT2D eigenvalue weighted by Gasteiger charge is -2.14. The molecular weight excluding hydrogens is 448 g/mol. The first-order valence-corrected chi connectivity index (χ1v) is 10.0.